The molecule has 5 aliphatic rings. The molecular weight excluding hydrogens is 601 g/mol. The molecule has 1 N–H and O–H groups in total. The molecule has 44 heavy (non-hydrogen) atoms. The Bertz CT molecular complexity index is 1610. The van der Waals surface area contributed by atoms with Crippen molar-refractivity contribution in [1.82, 2.24) is 20.0 Å². The van der Waals surface area contributed by atoms with E-state index in [1.165, 1.54) is 6.20 Å². The number of aromatic carboxylic acids is 1. The largest absolute Gasteiger partial charge is 0.478 e. The lowest BCUT2D eigenvalue weighted by Gasteiger charge is -2.51. The summed E-state index contributed by atoms with van der Waals surface area (Å²) in [6.45, 7) is 3.93. The minimum Gasteiger partial charge on any atom is -0.478 e. The van der Waals surface area contributed by atoms with Crippen LogP contribution in [0.4, 0.5) is 5.82 Å². The number of anilines is 1. The zero-order chi connectivity index (χ0) is 30.5. The van der Waals surface area contributed by atoms with E-state index < -0.39 is 5.97 Å². The van der Waals surface area contributed by atoms with Crippen molar-refractivity contribution < 1.29 is 19.2 Å². The second kappa shape index (κ2) is 11.6. The molecular formula is C33H35Cl2N5O4. The van der Waals surface area contributed by atoms with Crippen molar-refractivity contribution in [3.05, 3.63) is 57.2 Å². The van der Waals surface area contributed by atoms with Gasteiger partial charge in [-0.15, -0.1) is 0 Å². The topological polar surface area (TPSA) is 105 Å². The van der Waals surface area contributed by atoms with Gasteiger partial charge in [0.15, 0.2) is 0 Å². The zero-order valence-electron chi connectivity index (χ0n) is 24.7. The highest BCUT2D eigenvalue weighted by Crippen LogP contribution is 2.54. The van der Waals surface area contributed by atoms with Crippen molar-refractivity contribution in [3.8, 4) is 23.1 Å². The number of likely N-dealkylation sites (N-methyl/N-ethyl adjacent to an activating group) is 1. The third kappa shape index (κ3) is 5.69. The van der Waals surface area contributed by atoms with Crippen LogP contribution < -0.4 is 4.90 Å². The number of nitrogens with zero attached hydrogens (tertiary/aromatic N) is 5. The van der Waals surface area contributed by atoms with E-state index in [-0.39, 0.29) is 16.6 Å². The summed E-state index contributed by atoms with van der Waals surface area (Å²) in [6, 6.07) is 1.68. The van der Waals surface area contributed by atoms with Gasteiger partial charge in [-0.2, -0.15) is 0 Å². The van der Waals surface area contributed by atoms with Crippen LogP contribution in [0.3, 0.4) is 0 Å². The first-order chi connectivity index (χ1) is 21.2. The van der Waals surface area contributed by atoms with E-state index in [0.29, 0.717) is 39.4 Å². The monoisotopic (exact) mass is 635 g/mol. The maximum absolute atomic E-state index is 11.7. The van der Waals surface area contributed by atoms with Gasteiger partial charge in [-0.25, -0.2) is 9.78 Å². The number of rotatable bonds is 7. The third-order valence-electron chi connectivity index (χ3n) is 9.94. The van der Waals surface area contributed by atoms with Gasteiger partial charge in [0.25, 0.3) is 0 Å². The molecule has 8 rings (SSSR count). The number of carboxylic acid groups (broad SMARTS) is 1. The molecule has 230 valence electrons. The molecule has 5 fully saturated rings. The third-order valence-corrected chi connectivity index (χ3v) is 10.5. The fourth-order valence-corrected chi connectivity index (χ4v) is 7.42. The summed E-state index contributed by atoms with van der Waals surface area (Å²) in [5.41, 5.74) is 2.74. The molecule has 2 bridgehead atoms. The van der Waals surface area contributed by atoms with E-state index in [2.05, 4.69) is 43.8 Å². The molecule has 9 nitrogen and oxygen atoms in total. The van der Waals surface area contributed by atoms with Gasteiger partial charge < -0.3 is 24.2 Å². The molecule has 0 aromatic carbocycles. The van der Waals surface area contributed by atoms with E-state index in [9.17, 15) is 9.90 Å². The van der Waals surface area contributed by atoms with Gasteiger partial charge in [0.2, 0.25) is 0 Å². The average Bonchev–Trinajstić information content (AvgIpc) is 3.80. The highest BCUT2D eigenvalue weighted by molar-refractivity contribution is 6.38. The molecule has 4 aliphatic carbocycles. The highest BCUT2D eigenvalue weighted by atomic mass is 35.5. The average molecular weight is 637 g/mol. The predicted octanol–water partition coefficient (Wildman–Crippen LogP) is 6.43. The van der Waals surface area contributed by atoms with Gasteiger partial charge in [-0.05, 0) is 64.5 Å². The number of carboxylic acids is 1. The van der Waals surface area contributed by atoms with Crippen LogP contribution in [-0.2, 0) is 11.3 Å². The second-order valence-corrected chi connectivity index (χ2v) is 13.6. The summed E-state index contributed by atoms with van der Waals surface area (Å²) in [4.78, 5) is 24.9. The van der Waals surface area contributed by atoms with Crippen molar-refractivity contribution in [2.24, 2.45) is 5.41 Å². The van der Waals surface area contributed by atoms with Crippen molar-refractivity contribution in [3.63, 3.8) is 0 Å². The summed E-state index contributed by atoms with van der Waals surface area (Å²) < 4.78 is 12.6. The summed E-state index contributed by atoms with van der Waals surface area (Å²) in [5, 5.41) is 14.9. The predicted molar refractivity (Wildman–Crippen MR) is 167 cm³/mol. The number of pyridine rings is 2. The lowest BCUT2D eigenvalue weighted by atomic mass is 9.59. The number of piperazine rings is 1. The number of halogens is 2. The van der Waals surface area contributed by atoms with Crippen LogP contribution in [0.5, 0.6) is 0 Å². The number of hydrogen-bond donors (Lipinski definition) is 1. The standard InChI is InChI=1S/C33H35Cl2N5O4/c1-39-12-14-40(15-13-39)30-22(16-23(17-37-30)31(41)42)4-5-32-6-9-33(10-7-32,11-8-32)43-20-24-28(38-44-29(24)21-2-3-21)27-25(34)18-36-19-26(27)35/h16-19,21H,2-3,6-15,20H2,1H3,(H,41,42). The molecule has 0 spiro atoms. The van der Waals surface area contributed by atoms with Crippen LogP contribution in [0.2, 0.25) is 10.0 Å². The summed E-state index contributed by atoms with van der Waals surface area (Å²) in [6.07, 6.45) is 12.3. The van der Waals surface area contributed by atoms with Crippen LogP contribution in [0, 0.1) is 17.3 Å². The number of fused-ring (bicyclic) bond motifs is 3. The Hall–Kier alpha value is -3.16. The van der Waals surface area contributed by atoms with E-state index in [0.717, 1.165) is 94.7 Å². The van der Waals surface area contributed by atoms with Crippen molar-refractivity contribution in [2.45, 2.75) is 69.5 Å². The lowest BCUT2D eigenvalue weighted by molar-refractivity contribution is -0.131. The molecule has 4 saturated carbocycles. The summed E-state index contributed by atoms with van der Waals surface area (Å²) >= 11 is 13.0. The van der Waals surface area contributed by atoms with Gasteiger partial charge >= 0.3 is 5.97 Å². The zero-order valence-corrected chi connectivity index (χ0v) is 26.3. The molecule has 0 radical (unpaired) electrons. The fraction of sp³-hybridized carbons (Fsp3) is 0.515. The summed E-state index contributed by atoms with van der Waals surface area (Å²) in [7, 11) is 2.11. The fourth-order valence-electron chi connectivity index (χ4n) is 6.88. The van der Waals surface area contributed by atoms with Gasteiger partial charge in [0.1, 0.15) is 17.3 Å². The maximum atomic E-state index is 11.7. The minimum atomic E-state index is -0.991. The lowest BCUT2D eigenvalue weighted by Crippen LogP contribution is -2.47. The normalized spacial score (nSPS) is 25.1. The van der Waals surface area contributed by atoms with Gasteiger partial charge in [-0.3, -0.25) is 4.98 Å². The SMILES string of the molecule is CN1CCN(c2ncc(C(=O)O)cc2C#CC23CCC(OCc4c(-c5c(Cl)cncc5Cl)noc4C4CC4)(CC2)CC3)CC1. The summed E-state index contributed by atoms with van der Waals surface area (Å²) in [5.74, 6) is 8.05. The highest BCUT2D eigenvalue weighted by Gasteiger charge is 2.49. The Labute approximate surface area is 266 Å². The van der Waals surface area contributed by atoms with Crippen LogP contribution >= 0.6 is 23.2 Å². The Morgan fingerprint density at radius 2 is 1.75 bits per heavy atom. The van der Waals surface area contributed by atoms with Gasteiger partial charge in [0.05, 0.1) is 33.4 Å². The Kier molecular flexibility index (Phi) is 7.82. The first-order valence-electron chi connectivity index (χ1n) is 15.4. The van der Waals surface area contributed by atoms with Gasteiger partial charge in [0, 0.05) is 67.2 Å². The maximum Gasteiger partial charge on any atom is 0.337 e. The number of hydrogen-bond acceptors (Lipinski definition) is 8. The second-order valence-electron chi connectivity index (χ2n) is 12.8. The first-order valence-corrected chi connectivity index (χ1v) is 16.1. The number of ether oxygens (including phenoxy) is 1. The molecule has 1 aliphatic heterocycles. The van der Waals surface area contributed by atoms with Crippen LogP contribution in [0.1, 0.15) is 84.5 Å². The molecule has 0 atom stereocenters. The molecule has 0 unspecified atom stereocenters. The van der Waals surface area contributed by atoms with Crippen LogP contribution in [0.25, 0.3) is 11.3 Å². The smallest absolute Gasteiger partial charge is 0.337 e. The molecule has 11 heteroatoms. The van der Waals surface area contributed by atoms with Gasteiger partial charge in [-0.1, -0.05) is 40.2 Å². The van der Waals surface area contributed by atoms with Crippen LogP contribution in [0.15, 0.2) is 29.2 Å². The molecule has 3 aromatic heterocycles. The van der Waals surface area contributed by atoms with E-state index in [4.69, 9.17) is 32.5 Å². The van der Waals surface area contributed by atoms with Crippen molar-refractivity contribution >= 4 is 35.0 Å². The first kappa shape index (κ1) is 29.5. The van der Waals surface area contributed by atoms with Crippen LogP contribution in [-0.4, -0.2) is 69.9 Å². The molecule has 1 saturated heterocycles. The van der Waals surface area contributed by atoms with E-state index in [1.807, 2.05) is 0 Å². The Morgan fingerprint density at radius 3 is 2.39 bits per heavy atom. The quantitative estimate of drug-likeness (QED) is 0.294. The number of aromatic nitrogens is 3. The van der Waals surface area contributed by atoms with E-state index >= 15 is 0 Å². The number of carbonyl (C=O) groups is 1. The molecule has 4 heterocycles. The Morgan fingerprint density at radius 1 is 1.07 bits per heavy atom. The van der Waals surface area contributed by atoms with E-state index in [1.54, 1.807) is 18.5 Å². The molecule has 0 amide bonds. The van der Waals surface area contributed by atoms with Crippen molar-refractivity contribution in [2.75, 3.05) is 38.1 Å². The van der Waals surface area contributed by atoms with Crippen molar-refractivity contribution in [1.29, 1.82) is 0 Å². The Balaban J connectivity index is 1.09. The minimum absolute atomic E-state index is 0.108. The molecule has 3 aromatic rings.